The molecule has 2 atom stereocenters. The molecule has 0 bridgehead atoms. The number of hydrogen-bond acceptors (Lipinski definition) is 7. The van der Waals surface area contributed by atoms with E-state index in [1.165, 1.54) is 0 Å². The van der Waals surface area contributed by atoms with Crippen molar-refractivity contribution in [3.8, 4) is 17.4 Å². The van der Waals surface area contributed by atoms with Crippen molar-refractivity contribution < 1.29 is 13.4 Å². The van der Waals surface area contributed by atoms with Gasteiger partial charge in [0.1, 0.15) is 5.54 Å². The van der Waals surface area contributed by atoms with Crippen LogP contribution in [0.1, 0.15) is 76.8 Å². The molecule has 198 valence electrons. The van der Waals surface area contributed by atoms with Crippen LogP contribution in [0.15, 0.2) is 28.7 Å². The Morgan fingerprint density at radius 2 is 1.84 bits per heavy atom. The number of nitriles is 1. The van der Waals surface area contributed by atoms with Crippen molar-refractivity contribution in [2.75, 3.05) is 29.5 Å². The molecule has 0 spiro atoms. The fourth-order valence-corrected chi connectivity index (χ4v) is 6.65. The number of carbonyl (C=O) groups excluding carboxylic acids is 1. The molecule has 2 heterocycles. The molecular formula is C28H37N5O3S. The maximum Gasteiger partial charge on any atom is 0.225 e. The normalized spacial score (nSPS) is 24.8. The summed E-state index contributed by atoms with van der Waals surface area (Å²) in [6, 6.07) is 10.4. The zero-order valence-corrected chi connectivity index (χ0v) is 22.8. The van der Waals surface area contributed by atoms with Crippen molar-refractivity contribution in [3.05, 3.63) is 35.9 Å². The van der Waals surface area contributed by atoms with Gasteiger partial charge >= 0.3 is 0 Å². The maximum atomic E-state index is 13.4. The first-order chi connectivity index (χ1) is 17.5. The van der Waals surface area contributed by atoms with Crippen LogP contribution in [0.2, 0.25) is 0 Å². The molecule has 8 nitrogen and oxygen atoms in total. The Balaban J connectivity index is 1.45. The van der Waals surface area contributed by atoms with E-state index in [-0.39, 0.29) is 23.2 Å². The average Bonchev–Trinajstić information content (AvgIpc) is 3.49. The Bertz CT molecular complexity index is 1300. The highest BCUT2D eigenvalue weighted by atomic mass is 32.2. The largest absolute Gasteiger partial charge is 0.440 e. The van der Waals surface area contributed by atoms with Crippen molar-refractivity contribution >= 4 is 21.3 Å². The van der Waals surface area contributed by atoms with Gasteiger partial charge < -0.3 is 14.6 Å². The molecule has 0 unspecified atom stereocenters. The van der Waals surface area contributed by atoms with Crippen molar-refractivity contribution in [3.63, 3.8) is 0 Å². The third-order valence-corrected chi connectivity index (χ3v) is 9.64. The third-order valence-electron chi connectivity index (χ3n) is 7.95. The molecule has 2 N–H and O–H groups in total. The molecule has 1 amide bonds. The molecule has 37 heavy (non-hydrogen) atoms. The fraction of sp³-hybridized carbons (Fsp3) is 0.607. The number of nitrogens with one attached hydrogen (secondary N) is 2. The smallest absolute Gasteiger partial charge is 0.225 e. The molecule has 1 aromatic carbocycles. The molecule has 2 aliphatic carbocycles. The lowest BCUT2D eigenvalue weighted by Gasteiger charge is -2.31. The van der Waals surface area contributed by atoms with Crippen LogP contribution in [0.5, 0.6) is 0 Å². The van der Waals surface area contributed by atoms with E-state index in [9.17, 15) is 14.3 Å². The summed E-state index contributed by atoms with van der Waals surface area (Å²) in [7, 11) is -2.44. The van der Waals surface area contributed by atoms with Crippen molar-refractivity contribution in [1.29, 1.82) is 10.0 Å². The summed E-state index contributed by atoms with van der Waals surface area (Å²) in [5, 5.41) is 12.5. The lowest BCUT2D eigenvalue weighted by molar-refractivity contribution is -0.127. The second-order valence-electron chi connectivity index (χ2n) is 11.9. The highest BCUT2D eigenvalue weighted by Gasteiger charge is 2.47. The molecule has 5 rings (SSSR count). The number of anilines is 1. The number of aromatic nitrogens is 1. The summed E-state index contributed by atoms with van der Waals surface area (Å²) in [4.78, 5) is 20.5. The van der Waals surface area contributed by atoms with Gasteiger partial charge in [-0.05, 0) is 49.9 Å². The van der Waals surface area contributed by atoms with Crippen LogP contribution < -0.4 is 10.2 Å². The first-order valence-corrected chi connectivity index (χ1v) is 15.2. The third kappa shape index (κ3) is 5.40. The molecule has 1 aliphatic heterocycles. The molecule has 3 aliphatic rings. The second kappa shape index (κ2) is 9.46. The topological polar surface area (TPSA) is 123 Å². The predicted molar refractivity (Wildman–Crippen MR) is 144 cm³/mol. The molecule has 1 saturated heterocycles. The van der Waals surface area contributed by atoms with Crippen LogP contribution in [0.3, 0.4) is 0 Å². The van der Waals surface area contributed by atoms with Crippen LogP contribution in [-0.2, 0) is 19.9 Å². The first-order valence-electron chi connectivity index (χ1n) is 13.3. The van der Waals surface area contributed by atoms with Gasteiger partial charge in [0.05, 0.1) is 11.8 Å². The molecule has 9 heteroatoms. The summed E-state index contributed by atoms with van der Waals surface area (Å²) < 4.78 is 26.3. The highest BCUT2D eigenvalue weighted by molar-refractivity contribution is 7.92. The summed E-state index contributed by atoms with van der Waals surface area (Å²) in [5.41, 5.74) is 1.83. The van der Waals surface area contributed by atoms with Crippen LogP contribution >= 0.6 is 0 Å². The monoisotopic (exact) mass is 523 g/mol. The maximum absolute atomic E-state index is 13.4. The van der Waals surface area contributed by atoms with Gasteiger partial charge in [0, 0.05) is 62.8 Å². The standard InChI is InChI=1S/C28H37N5O3S/c1-27(2,3)26-31-23(21-6-4-5-7-22(21)25(34)32-28(18-29)12-13-28)24(36-26)19-8-10-20(11-9-19)33-14-16-37(30,35)17-15-33/h8-11,21-22,30H,4-7,12-17H2,1-3H3,(H,32,34)/t21-,22-/m1/s1. The molecule has 2 saturated carbocycles. The minimum Gasteiger partial charge on any atom is -0.440 e. The zero-order valence-electron chi connectivity index (χ0n) is 22.0. The van der Waals surface area contributed by atoms with Crippen LogP contribution in [0, 0.1) is 22.0 Å². The van der Waals surface area contributed by atoms with E-state index >= 15 is 0 Å². The summed E-state index contributed by atoms with van der Waals surface area (Å²) in [6.45, 7) is 7.46. The Hall–Kier alpha value is -2.86. The quantitative estimate of drug-likeness (QED) is 0.571. The molecule has 1 aromatic heterocycles. The number of oxazole rings is 1. The van der Waals surface area contributed by atoms with Crippen molar-refractivity contribution in [1.82, 2.24) is 10.3 Å². The number of rotatable bonds is 5. The number of benzene rings is 1. The van der Waals surface area contributed by atoms with Gasteiger partial charge in [-0.3, -0.25) is 9.57 Å². The number of carbonyl (C=O) groups is 1. The SMILES string of the molecule is CC(C)(C)c1nc([C@@H]2CCCC[C@H]2C(=O)NC2(C#N)CC2)c(-c2ccc(N3CCS(=N)(=O)CC3)cc2)o1. The number of hydrogen-bond donors (Lipinski definition) is 2. The van der Waals surface area contributed by atoms with Crippen LogP contribution in [0.4, 0.5) is 5.69 Å². The van der Waals surface area contributed by atoms with Gasteiger partial charge in [0.15, 0.2) is 5.76 Å². The molecule has 0 radical (unpaired) electrons. The number of amides is 1. The Kier molecular flexibility index (Phi) is 6.59. The van der Waals surface area contributed by atoms with Gasteiger partial charge in [-0.15, -0.1) is 0 Å². The van der Waals surface area contributed by atoms with E-state index in [0.717, 1.165) is 61.2 Å². The zero-order chi connectivity index (χ0) is 26.4. The van der Waals surface area contributed by atoms with Gasteiger partial charge in [-0.25, -0.2) is 9.19 Å². The minimum atomic E-state index is -2.44. The lowest BCUT2D eigenvalue weighted by atomic mass is 9.76. The van der Waals surface area contributed by atoms with E-state index in [1.807, 2.05) is 24.3 Å². The Morgan fingerprint density at radius 3 is 2.43 bits per heavy atom. The lowest BCUT2D eigenvalue weighted by Crippen LogP contribution is -2.42. The van der Waals surface area contributed by atoms with Crippen LogP contribution in [0.25, 0.3) is 11.3 Å². The molecule has 3 fully saturated rings. The van der Waals surface area contributed by atoms with Gasteiger partial charge in [-0.2, -0.15) is 5.26 Å². The summed E-state index contributed by atoms with van der Waals surface area (Å²) >= 11 is 0. The summed E-state index contributed by atoms with van der Waals surface area (Å²) in [6.07, 6.45) is 5.10. The average molecular weight is 524 g/mol. The van der Waals surface area contributed by atoms with Crippen LogP contribution in [-0.4, -0.2) is 45.2 Å². The molecule has 2 aromatic rings. The van der Waals surface area contributed by atoms with Gasteiger partial charge in [-0.1, -0.05) is 33.6 Å². The van der Waals surface area contributed by atoms with Gasteiger partial charge in [0.25, 0.3) is 0 Å². The number of nitrogens with zero attached hydrogens (tertiary/aromatic N) is 3. The first kappa shape index (κ1) is 25.8. The van der Waals surface area contributed by atoms with E-state index in [1.54, 1.807) is 0 Å². The second-order valence-corrected chi connectivity index (χ2v) is 14.4. The summed E-state index contributed by atoms with van der Waals surface area (Å²) in [5.74, 6) is 1.83. The predicted octanol–water partition coefficient (Wildman–Crippen LogP) is 4.95. The van der Waals surface area contributed by atoms with Gasteiger partial charge in [0.2, 0.25) is 11.8 Å². The highest BCUT2D eigenvalue weighted by Crippen LogP contribution is 2.44. The van der Waals surface area contributed by atoms with E-state index in [2.05, 4.69) is 37.1 Å². The fourth-order valence-electron chi connectivity index (χ4n) is 5.41. The molecular weight excluding hydrogens is 486 g/mol. The van der Waals surface area contributed by atoms with E-state index in [4.69, 9.17) is 14.2 Å². The Labute approximate surface area is 219 Å². The Morgan fingerprint density at radius 1 is 1.19 bits per heavy atom. The minimum absolute atomic E-state index is 0.0403. The van der Waals surface area contributed by atoms with E-state index in [0.29, 0.717) is 30.5 Å². The van der Waals surface area contributed by atoms with E-state index < -0.39 is 15.3 Å². The van der Waals surface area contributed by atoms with Crippen molar-refractivity contribution in [2.24, 2.45) is 5.92 Å². The van der Waals surface area contributed by atoms with Crippen molar-refractivity contribution in [2.45, 2.75) is 76.2 Å².